The summed E-state index contributed by atoms with van der Waals surface area (Å²) in [6, 6.07) is 1.86. The molecule has 1 fully saturated rings. The fraction of sp³-hybridized carbons (Fsp3) is 0.600. The molecule has 0 bridgehead atoms. The van der Waals surface area contributed by atoms with Crippen LogP contribution in [0.1, 0.15) is 11.1 Å². The molecule has 0 spiro atoms. The molecule has 1 aromatic rings. The van der Waals surface area contributed by atoms with Gasteiger partial charge in [0, 0.05) is 32.7 Å². The number of aryl methyl sites for hydroxylation is 1. The lowest BCUT2D eigenvalue weighted by Crippen LogP contribution is -2.44. The van der Waals surface area contributed by atoms with Crippen LogP contribution in [0.25, 0.3) is 0 Å². The van der Waals surface area contributed by atoms with E-state index < -0.39 is 0 Å². The third kappa shape index (κ3) is 3.22. The summed E-state index contributed by atoms with van der Waals surface area (Å²) >= 11 is 0. The van der Waals surface area contributed by atoms with Crippen molar-refractivity contribution < 1.29 is 13.9 Å². The smallest absolute Gasteiger partial charge is 0.197 e. The van der Waals surface area contributed by atoms with Crippen LogP contribution in [0.15, 0.2) is 6.07 Å². The van der Waals surface area contributed by atoms with Gasteiger partial charge in [0.05, 0.1) is 14.2 Å². The van der Waals surface area contributed by atoms with E-state index in [-0.39, 0.29) is 11.6 Å². The van der Waals surface area contributed by atoms with Crippen molar-refractivity contribution in [3.8, 4) is 11.5 Å². The van der Waals surface area contributed by atoms with E-state index in [0.29, 0.717) is 17.7 Å². The van der Waals surface area contributed by atoms with Crippen molar-refractivity contribution in [3.63, 3.8) is 0 Å². The Morgan fingerprint density at radius 2 is 1.85 bits per heavy atom. The van der Waals surface area contributed by atoms with Crippen molar-refractivity contribution in [3.05, 3.63) is 23.0 Å². The Bertz CT molecular complexity index is 460. The second kappa shape index (κ2) is 6.90. The second-order valence-electron chi connectivity index (χ2n) is 5.07. The number of nitrogens with zero attached hydrogens (tertiary/aromatic N) is 1. The summed E-state index contributed by atoms with van der Waals surface area (Å²) < 4.78 is 24.8. The molecule has 5 heteroatoms. The van der Waals surface area contributed by atoms with Crippen molar-refractivity contribution in [2.24, 2.45) is 0 Å². The topological polar surface area (TPSA) is 33.7 Å². The maximum Gasteiger partial charge on any atom is 0.197 e. The Hall–Kier alpha value is -1.33. The van der Waals surface area contributed by atoms with Crippen LogP contribution in [-0.2, 0) is 6.42 Å². The molecule has 0 aliphatic carbocycles. The molecule has 0 amide bonds. The maximum absolute atomic E-state index is 14.4. The van der Waals surface area contributed by atoms with Gasteiger partial charge in [-0.15, -0.1) is 0 Å². The van der Waals surface area contributed by atoms with Gasteiger partial charge in [-0.3, -0.25) is 0 Å². The summed E-state index contributed by atoms with van der Waals surface area (Å²) in [5.74, 6) is 0.392. The predicted molar refractivity (Wildman–Crippen MR) is 77.3 cm³/mol. The number of nitrogens with one attached hydrogen (secondary N) is 1. The first-order chi connectivity index (χ1) is 9.67. The van der Waals surface area contributed by atoms with Gasteiger partial charge in [-0.25, -0.2) is 4.39 Å². The number of piperazine rings is 1. The fourth-order valence-corrected chi connectivity index (χ4v) is 2.65. The molecule has 0 radical (unpaired) electrons. The van der Waals surface area contributed by atoms with Crippen LogP contribution in [0.5, 0.6) is 11.5 Å². The highest BCUT2D eigenvalue weighted by Crippen LogP contribution is 2.35. The van der Waals surface area contributed by atoms with E-state index in [0.717, 1.165) is 38.3 Å². The molecule has 1 heterocycles. The van der Waals surface area contributed by atoms with Gasteiger partial charge < -0.3 is 19.7 Å². The van der Waals surface area contributed by atoms with Gasteiger partial charge in [0.2, 0.25) is 0 Å². The summed E-state index contributed by atoms with van der Waals surface area (Å²) in [5, 5.41) is 3.31. The molecular weight excluding hydrogens is 259 g/mol. The minimum Gasteiger partial charge on any atom is -0.492 e. The highest BCUT2D eigenvalue weighted by atomic mass is 19.1. The molecule has 1 aromatic carbocycles. The lowest BCUT2D eigenvalue weighted by molar-refractivity contribution is 0.242. The van der Waals surface area contributed by atoms with Gasteiger partial charge >= 0.3 is 0 Å². The average Bonchev–Trinajstić information content (AvgIpc) is 2.48. The van der Waals surface area contributed by atoms with Crippen LogP contribution in [0.2, 0.25) is 0 Å². The molecule has 1 aliphatic rings. The minimum atomic E-state index is -0.301. The molecule has 112 valence electrons. The molecule has 2 rings (SSSR count). The highest BCUT2D eigenvalue weighted by molar-refractivity contribution is 5.50. The number of benzene rings is 1. The SMILES string of the molecule is COc1c(C)cc(CCN2CCNCC2)c(F)c1OC. The first-order valence-electron chi connectivity index (χ1n) is 7.00. The maximum atomic E-state index is 14.4. The fourth-order valence-electron chi connectivity index (χ4n) is 2.65. The summed E-state index contributed by atoms with van der Waals surface area (Å²) in [6.07, 6.45) is 0.688. The molecule has 1 aliphatic heterocycles. The molecule has 1 saturated heterocycles. The predicted octanol–water partition coefficient (Wildman–Crippen LogP) is 1.60. The van der Waals surface area contributed by atoms with Gasteiger partial charge in [-0.1, -0.05) is 0 Å². The van der Waals surface area contributed by atoms with Crippen molar-refractivity contribution >= 4 is 0 Å². The van der Waals surface area contributed by atoms with Gasteiger partial charge in [0.15, 0.2) is 17.3 Å². The van der Waals surface area contributed by atoms with E-state index in [1.54, 1.807) is 0 Å². The number of hydrogen-bond acceptors (Lipinski definition) is 4. The molecule has 0 unspecified atom stereocenters. The van der Waals surface area contributed by atoms with Crippen molar-refractivity contribution in [2.45, 2.75) is 13.3 Å². The Labute approximate surface area is 119 Å². The molecule has 4 nitrogen and oxygen atoms in total. The van der Waals surface area contributed by atoms with E-state index in [2.05, 4.69) is 10.2 Å². The standard InChI is InChI=1S/C15H23FN2O2/c1-11-10-12(4-7-18-8-5-17-6-9-18)13(16)15(20-3)14(11)19-2/h10,17H,4-9H2,1-3H3. The quantitative estimate of drug-likeness (QED) is 0.889. The summed E-state index contributed by atoms with van der Waals surface area (Å²) in [5.41, 5.74) is 1.60. The largest absolute Gasteiger partial charge is 0.492 e. The van der Waals surface area contributed by atoms with Gasteiger partial charge in [-0.05, 0) is 30.5 Å². The molecule has 0 aromatic heterocycles. The molecular formula is C15H23FN2O2. The monoisotopic (exact) mass is 282 g/mol. The van der Waals surface area contributed by atoms with Crippen LogP contribution >= 0.6 is 0 Å². The van der Waals surface area contributed by atoms with Crippen molar-refractivity contribution in [2.75, 3.05) is 46.9 Å². The molecule has 0 atom stereocenters. The van der Waals surface area contributed by atoms with E-state index in [1.807, 2.05) is 13.0 Å². The number of halogens is 1. The van der Waals surface area contributed by atoms with E-state index >= 15 is 0 Å². The Morgan fingerprint density at radius 3 is 2.45 bits per heavy atom. The van der Waals surface area contributed by atoms with Gasteiger partial charge in [0.25, 0.3) is 0 Å². The zero-order valence-corrected chi connectivity index (χ0v) is 12.5. The number of ether oxygens (including phenoxy) is 2. The lowest BCUT2D eigenvalue weighted by Gasteiger charge is -2.27. The van der Waals surface area contributed by atoms with Crippen molar-refractivity contribution in [1.29, 1.82) is 0 Å². The Morgan fingerprint density at radius 1 is 1.20 bits per heavy atom. The number of rotatable bonds is 5. The third-order valence-electron chi connectivity index (χ3n) is 3.75. The first-order valence-corrected chi connectivity index (χ1v) is 7.00. The van der Waals surface area contributed by atoms with Crippen LogP contribution in [-0.4, -0.2) is 51.8 Å². The summed E-state index contributed by atoms with van der Waals surface area (Å²) in [6.45, 7) is 6.84. The number of hydrogen-bond donors (Lipinski definition) is 1. The molecule has 20 heavy (non-hydrogen) atoms. The number of methoxy groups -OCH3 is 2. The third-order valence-corrected chi connectivity index (χ3v) is 3.75. The van der Waals surface area contributed by atoms with Crippen LogP contribution < -0.4 is 14.8 Å². The normalized spacial score (nSPS) is 16.2. The van der Waals surface area contributed by atoms with Gasteiger partial charge in [-0.2, -0.15) is 0 Å². The summed E-state index contributed by atoms with van der Waals surface area (Å²) in [7, 11) is 3.01. The average molecular weight is 282 g/mol. The lowest BCUT2D eigenvalue weighted by atomic mass is 10.1. The molecule has 1 N–H and O–H groups in total. The Kier molecular flexibility index (Phi) is 5.20. The highest BCUT2D eigenvalue weighted by Gasteiger charge is 2.18. The van der Waals surface area contributed by atoms with E-state index in [9.17, 15) is 4.39 Å². The minimum absolute atomic E-state index is 0.211. The van der Waals surface area contributed by atoms with Crippen LogP contribution in [0, 0.1) is 12.7 Å². The second-order valence-corrected chi connectivity index (χ2v) is 5.07. The zero-order valence-electron chi connectivity index (χ0n) is 12.5. The van der Waals surface area contributed by atoms with Crippen LogP contribution in [0.4, 0.5) is 4.39 Å². The molecule has 0 saturated carbocycles. The van der Waals surface area contributed by atoms with Gasteiger partial charge in [0.1, 0.15) is 0 Å². The Balaban J connectivity index is 2.13. The summed E-state index contributed by atoms with van der Waals surface area (Å²) in [4.78, 5) is 2.35. The first kappa shape index (κ1) is 15.1. The zero-order chi connectivity index (χ0) is 14.5. The van der Waals surface area contributed by atoms with E-state index in [4.69, 9.17) is 9.47 Å². The van der Waals surface area contributed by atoms with Crippen molar-refractivity contribution in [1.82, 2.24) is 10.2 Å². The van der Waals surface area contributed by atoms with E-state index in [1.165, 1.54) is 14.2 Å². The van der Waals surface area contributed by atoms with Crippen LogP contribution in [0.3, 0.4) is 0 Å².